The SMILES string of the molecule is O=S(=O)(Nc1cc(Cl)ccc1F)c1ccccc1Cl. The zero-order chi connectivity index (χ0) is 14.0. The van der Waals surface area contributed by atoms with Crippen molar-refractivity contribution in [1.29, 1.82) is 0 Å². The standard InChI is InChI=1S/C12H8Cl2FNO2S/c13-8-5-6-10(15)11(7-8)16-19(17,18)12-4-2-1-3-9(12)14/h1-7,16H. The molecule has 2 aromatic carbocycles. The van der Waals surface area contributed by atoms with Crippen LogP contribution in [0.5, 0.6) is 0 Å². The summed E-state index contributed by atoms with van der Waals surface area (Å²) in [6.45, 7) is 0. The number of sulfonamides is 1. The van der Waals surface area contributed by atoms with Crippen LogP contribution in [0, 0.1) is 5.82 Å². The Bertz CT molecular complexity index is 719. The van der Waals surface area contributed by atoms with Crippen LogP contribution in [0.2, 0.25) is 10.0 Å². The van der Waals surface area contributed by atoms with Crippen molar-refractivity contribution in [3.8, 4) is 0 Å². The highest BCUT2D eigenvalue weighted by Crippen LogP contribution is 2.26. The van der Waals surface area contributed by atoms with Crippen molar-refractivity contribution in [2.75, 3.05) is 4.72 Å². The molecule has 7 heteroatoms. The lowest BCUT2D eigenvalue weighted by Gasteiger charge is -2.10. The monoisotopic (exact) mass is 319 g/mol. The van der Waals surface area contributed by atoms with E-state index in [1.54, 1.807) is 6.07 Å². The van der Waals surface area contributed by atoms with E-state index in [2.05, 4.69) is 4.72 Å². The minimum absolute atomic E-state index is 0.0532. The molecule has 0 aromatic heterocycles. The molecule has 2 rings (SSSR count). The maximum atomic E-state index is 13.5. The summed E-state index contributed by atoms with van der Waals surface area (Å²) in [5.41, 5.74) is -0.229. The Morgan fingerprint density at radius 1 is 1.05 bits per heavy atom. The zero-order valence-electron chi connectivity index (χ0n) is 9.40. The van der Waals surface area contributed by atoms with E-state index in [-0.39, 0.29) is 20.6 Å². The van der Waals surface area contributed by atoms with Gasteiger partial charge in [0.1, 0.15) is 10.7 Å². The third kappa shape index (κ3) is 3.18. The fourth-order valence-corrected chi connectivity index (χ4v) is 3.19. The minimum Gasteiger partial charge on any atom is -0.277 e. The van der Waals surface area contributed by atoms with E-state index in [0.717, 1.165) is 6.07 Å². The molecule has 0 unspecified atom stereocenters. The van der Waals surface area contributed by atoms with Crippen molar-refractivity contribution in [3.63, 3.8) is 0 Å². The van der Waals surface area contributed by atoms with Gasteiger partial charge in [-0.1, -0.05) is 35.3 Å². The summed E-state index contributed by atoms with van der Waals surface area (Å²) in [4.78, 5) is -0.129. The largest absolute Gasteiger partial charge is 0.277 e. The van der Waals surface area contributed by atoms with Crippen molar-refractivity contribution >= 4 is 38.9 Å². The summed E-state index contributed by atoms with van der Waals surface area (Å²) < 4.78 is 39.8. The Balaban J connectivity index is 2.43. The van der Waals surface area contributed by atoms with Crippen LogP contribution < -0.4 is 4.72 Å². The maximum absolute atomic E-state index is 13.5. The Labute approximate surface area is 120 Å². The lowest BCUT2D eigenvalue weighted by atomic mass is 10.3. The molecule has 1 N–H and O–H groups in total. The molecule has 0 aliphatic heterocycles. The van der Waals surface area contributed by atoms with E-state index in [4.69, 9.17) is 23.2 Å². The molecule has 0 spiro atoms. The first kappa shape index (κ1) is 14.1. The van der Waals surface area contributed by atoms with Crippen LogP contribution in [0.1, 0.15) is 0 Å². The predicted octanol–water partition coefficient (Wildman–Crippen LogP) is 3.93. The van der Waals surface area contributed by atoms with Crippen molar-refractivity contribution in [2.45, 2.75) is 4.90 Å². The van der Waals surface area contributed by atoms with Crippen molar-refractivity contribution in [3.05, 3.63) is 58.3 Å². The first-order valence-electron chi connectivity index (χ1n) is 5.12. The molecule has 2 aromatic rings. The predicted molar refractivity (Wildman–Crippen MR) is 73.7 cm³/mol. The van der Waals surface area contributed by atoms with Gasteiger partial charge >= 0.3 is 0 Å². The smallest absolute Gasteiger partial charge is 0.263 e. The molecule has 0 heterocycles. The summed E-state index contributed by atoms with van der Waals surface area (Å²) in [5, 5.41) is 0.274. The molecule has 0 amide bonds. The van der Waals surface area contributed by atoms with Gasteiger partial charge in [0.15, 0.2) is 0 Å². The third-order valence-corrected chi connectivity index (χ3v) is 4.40. The van der Waals surface area contributed by atoms with Crippen LogP contribution in [-0.2, 0) is 10.0 Å². The Hall–Kier alpha value is -1.30. The molecule has 100 valence electrons. The molecule has 0 atom stereocenters. The van der Waals surface area contributed by atoms with E-state index >= 15 is 0 Å². The summed E-state index contributed by atoms with van der Waals surface area (Å²) in [7, 11) is -3.96. The second-order valence-corrected chi connectivity index (χ2v) is 6.15. The average Bonchev–Trinajstić information content (AvgIpc) is 2.34. The van der Waals surface area contributed by atoms with Crippen LogP contribution in [0.4, 0.5) is 10.1 Å². The Morgan fingerprint density at radius 3 is 2.42 bits per heavy atom. The van der Waals surface area contributed by atoms with Crippen LogP contribution in [0.15, 0.2) is 47.4 Å². The Morgan fingerprint density at radius 2 is 1.74 bits per heavy atom. The molecule has 0 saturated heterocycles. The highest BCUT2D eigenvalue weighted by atomic mass is 35.5. The van der Waals surface area contributed by atoms with Gasteiger partial charge in [-0.05, 0) is 30.3 Å². The molecular weight excluding hydrogens is 312 g/mol. The minimum atomic E-state index is -3.96. The van der Waals surface area contributed by atoms with E-state index in [1.807, 2.05) is 0 Å². The third-order valence-electron chi connectivity index (χ3n) is 2.30. The number of nitrogens with one attached hydrogen (secondary N) is 1. The summed E-state index contributed by atoms with van der Waals surface area (Å²) >= 11 is 11.5. The van der Waals surface area contributed by atoms with Gasteiger partial charge in [-0.25, -0.2) is 12.8 Å². The second kappa shape index (κ2) is 5.36. The van der Waals surface area contributed by atoms with Gasteiger partial charge < -0.3 is 0 Å². The molecule has 19 heavy (non-hydrogen) atoms. The molecule has 0 fully saturated rings. The normalized spacial score (nSPS) is 11.3. The average molecular weight is 320 g/mol. The molecular formula is C12H8Cl2FNO2S. The van der Waals surface area contributed by atoms with Crippen LogP contribution in [0.3, 0.4) is 0 Å². The molecule has 0 radical (unpaired) electrons. The number of halogens is 3. The van der Waals surface area contributed by atoms with Gasteiger partial charge in [-0.2, -0.15) is 0 Å². The molecule has 3 nitrogen and oxygen atoms in total. The molecule has 0 aliphatic carbocycles. The van der Waals surface area contributed by atoms with Crippen LogP contribution in [0.25, 0.3) is 0 Å². The van der Waals surface area contributed by atoms with Gasteiger partial charge in [0.2, 0.25) is 0 Å². The molecule has 0 bridgehead atoms. The number of hydrogen-bond acceptors (Lipinski definition) is 2. The number of rotatable bonds is 3. The summed E-state index contributed by atoms with van der Waals surface area (Å²) in [6, 6.07) is 9.47. The van der Waals surface area contributed by atoms with E-state index in [1.165, 1.54) is 30.3 Å². The van der Waals surface area contributed by atoms with E-state index < -0.39 is 15.8 Å². The van der Waals surface area contributed by atoms with Gasteiger partial charge in [0.05, 0.1) is 10.7 Å². The lowest BCUT2D eigenvalue weighted by Crippen LogP contribution is -2.14. The number of benzene rings is 2. The fourth-order valence-electron chi connectivity index (χ4n) is 1.44. The highest BCUT2D eigenvalue weighted by Gasteiger charge is 2.19. The van der Waals surface area contributed by atoms with Crippen molar-refractivity contribution in [1.82, 2.24) is 0 Å². The first-order valence-corrected chi connectivity index (χ1v) is 7.36. The quantitative estimate of drug-likeness (QED) is 0.931. The van der Waals surface area contributed by atoms with Crippen molar-refractivity contribution in [2.24, 2.45) is 0 Å². The van der Waals surface area contributed by atoms with Crippen molar-refractivity contribution < 1.29 is 12.8 Å². The van der Waals surface area contributed by atoms with Gasteiger partial charge in [0.25, 0.3) is 10.0 Å². The Kier molecular flexibility index (Phi) is 3.99. The van der Waals surface area contributed by atoms with Gasteiger partial charge in [-0.3, -0.25) is 4.72 Å². The maximum Gasteiger partial charge on any atom is 0.263 e. The van der Waals surface area contributed by atoms with Gasteiger partial charge in [-0.15, -0.1) is 0 Å². The zero-order valence-corrected chi connectivity index (χ0v) is 11.7. The molecule has 0 aliphatic rings. The van der Waals surface area contributed by atoms with E-state index in [0.29, 0.717) is 0 Å². The van der Waals surface area contributed by atoms with E-state index in [9.17, 15) is 12.8 Å². The second-order valence-electron chi connectivity index (χ2n) is 3.66. The summed E-state index contributed by atoms with van der Waals surface area (Å²) in [6.07, 6.45) is 0. The lowest BCUT2D eigenvalue weighted by molar-refractivity contribution is 0.598. The molecule has 0 saturated carbocycles. The number of hydrogen-bond donors (Lipinski definition) is 1. The first-order chi connectivity index (χ1) is 8.90. The number of anilines is 1. The van der Waals surface area contributed by atoms with Gasteiger partial charge in [0, 0.05) is 5.02 Å². The topological polar surface area (TPSA) is 46.2 Å². The van der Waals surface area contributed by atoms with Crippen LogP contribution in [-0.4, -0.2) is 8.42 Å². The highest BCUT2D eigenvalue weighted by molar-refractivity contribution is 7.92. The summed E-state index contributed by atoms with van der Waals surface area (Å²) in [5.74, 6) is -0.722. The van der Waals surface area contributed by atoms with Crippen LogP contribution >= 0.6 is 23.2 Å². The fraction of sp³-hybridized carbons (Fsp3) is 0.